The van der Waals surface area contributed by atoms with Crippen LogP contribution in [0.4, 0.5) is 29.3 Å². The number of amides is 2. The number of carbonyl (C=O) groups is 1. The van der Waals surface area contributed by atoms with Crippen molar-refractivity contribution in [1.82, 2.24) is 9.55 Å². The van der Waals surface area contributed by atoms with Crippen molar-refractivity contribution in [3.63, 3.8) is 0 Å². The van der Waals surface area contributed by atoms with Crippen LogP contribution in [0.5, 0.6) is 5.75 Å². The summed E-state index contributed by atoms with van der Waals surface area (Å²) in [6, 6.07) is 14.8. The summed E-state index contributed by atoms with van der Waals surface area (Å²) in [5.41, 5.74) is 0.829. The molecule has 2 amide bonds. The first-order valence-corrected chi connectivity index (χ1v) is 10.5. The highest BCUT2D eigenvalue weighted by atomic mass is 19.4. The van der Waals surface area contributed by atoms with Gasteiger partial charge in [-0.05, 0) is 60.5 Å². The van der Waals surface area contributed by atoms with E-state index >= 15 is 0 Å². The number of hydrogen-bond donors (Lipinski definition) is 2. The number of anilines is 2. The van der Waals surface area contributed by atoms with Gasteiger partial charge >= 0.3 is 12.2 Å². The molecule has 4 aromatic rings. The molecule has 180 valence electrons. The molecular weight excluding hydrogens is 461 g/mol. The molecule has 0 atom stereocenters. The number of alkyl halides is 3. The molecule has 1 heterocycles. The van der Waals surface area contributed by atoms with Crippen molar-refractivity contribution in [1.29, 1.82) is 0 Å². The Morgan fingerprint density at radius 2 is 1.77 bits per heavy atom. The monoisotopic (exact) mass is 482 g/mol. The van der Waals surface area contributed by atoms with Gasteiger partial charge in [0.05, 0.1) is 22.8 Å². The minimum atomic E-state index is -4.51. The van der Waals surface area contributed by atoms with Gasteiger partial charge in [0.1, 0.15) is 12.4 Å². The third-order valence-corrected chi connectivity index (χ3v) is 5.28. The Hall–Kier alpha value is -4.34. The van der Waals surface area contributed by atoms with Crippen LogP contribution in [-0.2, 0) is 19.8 Å². The van der Waals surface area contributed by atoms with Crippen LogP contribution in [0.15, 0.2) is 71.8 Å². The Kier molecular flexibility index (Phi) is 6.46. The van der Waals surface area contributed by atoms with E-state index in [9.17, 15) is 22.8 Å². The molecule has 0 unspecified atom stereocenters. The number of urea groups is 1. The number of aryl methyl sites for hydroxylation is 2. The van der Waals surface area contributed by atoms with E-state index in [1.54, 1.807) is 49.5 Å². The number of benzene rings is 3. The lowest BCUT2D eigenvalue weighted by atomic mass is 10.1. The summed E-state index contributed by atoms with van der Waals surface area (Å²) in [6.45, 7) is 1.52. The van der Waals surface area contributed by atoms with Crippen LogP contribution in [0.3, 0.4) is 0 Å². The normalized spacial score (nSPS) is 11.3. The number of halogens is 3. The van der Waals surface area contributed by atoms with Gasteiger partial charge < -0.3 is 19.9 Å². The highest BCUT2D eigenvalue weighted by Gasteiger charge is 2.32. The molecule has 2 N–H and O–H groups in total. The molecule has 4 rings (SSSR count). The highest BCUT2D eigenvalue weighted by molar-refractivity contribution is 5.99. The molecule has 0 saturated carbocycles. The van der Waals surface area contributed by atoms with Crippen LogP contribution in [0, 0.1) is 6.92 Å². The van der Waals surface area contributed by atoms with E-state index in [0.29, 0.717) is 22.3 Å². The summed E-state index contributed by atoms with van der Waals surface area (Å²) in [7, 11) is 1.62. The summed E-state index contributed by atoms with van der Waals surface area (Å²) in [4.78, 5) is 28.8. The van der Waals surface area contributed by atoms with Gasteiger partial charge in [0, 0.05) is 18.4 Å². The number of nitrogens with zero attached hydrogens (tertiary/aromatic N) is 2. The van der Waals surface area contributed by atoms with Crippen LogP contribution >= 0.6 is 0 Å². The van der Waals surface area contributed by atoms with Crippen LogP contribution in [-0.4, -0.2) is 15.6 Å². The fraction of sp³-hybridized carbons (Fsp3) is 0.160. The predicted octanol–water partition coefficient (Wildman–Crippen LogP) is 5.48. The Labute approximate surface area is 198 Å². The van der Waals surface area contributed by atoms with Gasteiger partial charge in [0.15, 0.2) is 0 Å². The van der Waals surface area contributed by atoms with Gasteiger partial charge in [-0.25, -0.2) is 9.78 Å². The van der Waals surface area contributed by atoms with Crippen LogP contribution in [0.1, 0.15) is 16.7 Å². The fourth-order valence-corrected chi connectivity index (χ4v) is 3.48. The zero-order valence-corrected chi connectivity index (χ0v) is 18.8. The summed E-state index contributed by atoms with van der Waals surface area (Å²) >= 11 is 0. The molecule has 0 aliphatic carbocycles. The smallest absolute Gasteiger partial charge is 0.416 e. The second kappa shape index (κ2) is 9.49. The molecular formula is C25H21F3N4O3. The van der Waals surface area contributed by atoms with E-state index in [1.807, 2.05) is 0 Å². The molecule has 0 bridgehead atoms. The van der Waals surface area contributed by atoms with Crippen molar-refractivity contribution < 1.29 is 22.7 Å². The van der Waals surface area contributed by atoms with E-state index in [2.05, 4.69) is 15.6 Å². The zero-order chi connectivity index (χ0) is 25.2. The lowest BCUT2D eigenvalue weighted by Gasteiger charge is -2.13. The number of carbonyl (C=O) groups excluding carboxylic acids is 1. The molecule has 0 spiro atoms. The zero-order valence-electron chi connectivity index (χ0n) is 18.8. The standard InChI is InChI=1S/C25H21F3N4O3/c1-15-6-7-18(11-21(15)25(26,27)28)31-24(34)30-17-5-3-4-16(10-17)13-35-19-8-9-22-20(12-19)23(33)32(2)14-29-22/h3-12,14H,13H2,1-2H3,(H2,30,31,34). The van der Waals surface area contributed by atoms with Gasteiger partial charge in [0.25, 0.3) is 5.56 Å². The maximum Gasteiger partial charge on any atom is 0.416 e. The first-order valence-electron chi connectivity index (χ1n) is 10.5. The minimum absolute atomic E-state index is 0.0249. The van der Waals surface area contributed by atoms with E-state index in [4.69, 9.17) is 4.74 Å². The lowest BCUT2D eigenvalue weighted by molar-refractivity contribution is -0.138. The van der Waals surface area contributed by atoms with Crippen molar-refractivity contribution in [3.05, 3.63) is 94.0 Å². The van der Waals surface area contributed by atoms with Crippen molar-refractivity contribution in [3.8, 4) is 5.75 Å². The second-order valence-corrected chi connectivity index (χ2v) is 7.94. The SMILES string of the molecule is Cc1ccc(NC(=O)Nc2cccc(COc3ccc4ncn(C)c(=O)c4c3)c2)cc1C(F)(F)F. The number of rotatable bonds is 5. The number of ether oxygens (including phenoxy) is 1. The summed E-state index contributed by atoms with van der Waals surface area (Å²) in [5, 5.41) is 5.45. The average molecular weight is 482 g/mol. The maximum absolute atomic E-state index is 13.1. The Bertz CT molecular complexity index is 1460. The molecule has 0 saturated heterocycles. The molecule has 7 nitrogen and oxygen atoms in total. The summed E-state index contributed by atoms with van der Waals surface area (Å²) < 4.78 is 46.5. The molecule has 0 fully saturated rings. The molecule has 0 aliphatic heterocycles. The highest BCUT2D eigenvalue weighted by Crippen LogP contribution is 2.33. The minimum Gasteiger partial charge on any atom is -0.489 e. The largest absolute Gasteiger partial charge is 0.489 e. The van der Waals surface area contributed by atoms with E-state index in [-0.39, 0.29) is 23.4 Å². The third-order valence-electron chi connectivity index (χ3n) is 5.28. The van der Waals surface area contributed by atoms with E-state index < -0.39 is 17.8 Å². The lowest BCUT2D eigenvalue weighted by Crippen LogP contribution is -2.20. The number of nitrogens with one attached hydrogen (secondary N) is 2. The number of hydrogen-bond acceptors (Lipinski definition) is 4. The first kappa shape index (κ1) is 23.8. The molecule has 0 aliphatic rings. The molecule has 1 aromatic heterocycles. The van der Waals surface area contributed by atoms with Crippen LogP contribution in [0.2, 0.25) is 0 Å². The van der Waals surface area contributed by atoms with E-state index in [0.717, 1.165) is 11.6 Å². The molecule has 3 aromatic carbocycles. The molecule has 10 heteroatoms. The summed E-state index contributed by atoms with van der Waals surface area (Å²) in [5.74, 6) is 0.485. The van der Waals surface area contributed by atoms with Gasteiger partial charge in [-0.1, -0.05) is 18.2 Å². The van der Waals surface area contributed by atoms with Crippen molar-refractivity contribution in [2.24, 2.45) is 7.05 Å². The van der Waals surface area contributed by atoms with Gasteiger partial charge in [-0.2, -0.15) is 13.2 Å². The third kappa shape index (κ3) is 5.60. The molecule has 0 radical (unpaired) electrons. The van der Waals surface area contributed by atoms with Gasteiger partial charge in [-0.3, -0.25) is 4.79 Å². The molecule has 35 heavy (non-hydrogen) atoms. The first-order chi connectivity index (χ1) is 16.6. The van der Waals surface area contributed by atoms with Gasteiger partial charge in [0.2, 0.25) is 0 Å². The summed E-state index contributed by atoms with van der Waals surface area (Å²) in [6.07, 6.45) is -3.06. The van der Waals surface area contributed by atoms with Crippen molar-refractivity contribution in [2.45, 2.75) is 19.7 Å². The maximum atomic E-state index is 13.1. The van der Waals surface area contributed by atoms with Crippen LogP contribution < -0.4 is 20.9 Å². The van der Waals surface area contributed by atoms with Gasteiger partial charge in [-0.15, -0.1) is 0 Å². The Morgan fingerprint density at radius 1 is 1.03 bits per heavy atom. The van der Waals surface area contributed by atoms with Crippen molar-refractivity contribution >= 4 is 28.3 Å². The Morgan fingerprint density at radius 3 is 2.51 bits per heavy atom. The Balaban J connectivity index is 1.41. The number of fused-ring (bicyclic) bond motifs is 1. The fourth-order valence-electron chi connectivity index (χ4n) is 3.48. The number of aromatic nitrogens is 2. The van der Waals surface area contributed by atoms with Crippen LogP contribution in [0.25, 0.3) is 10.9 Å². The predicted molar refractivity (Wildman–Crippen MR) is 127 cm³/mol. The quantitative estimate of drug-likeness (QED) is 0.394. The van der Waals surface area contributed by atoms with Crippen molar-refractivity contribution in [2.75, 3.05) is 10.6 Å². The second-order valence-electron chi connectivity index (χ2n) is 7.94. The van der Waals surface area contributed by atoms with E-state index in [1.165, 1.54) is 30.0 Å². The topological polar surface area (TPSA) is 85.2 Å². The average Bonchev–Trinajstić information content (AvgIpc) is 2.81.